The Morgan fingerprint density at radius 3 is 2.61 bits per heavy atom. The number of anilines is 1. The third kappa shape index (κ3) is 6.45. The van der Waals surface area contributed by atoms with Gasteiger partial charge in [-0.2, -0.15) is 5.10 Å². The van der Waals surface area contributed by atoms with Crippen LogP contribution >= 0.6 is 0 Å². The molecular weight excluding hydrogens is 322 g/mol. The van der Waals surface area contributed by atoms with Crippen molar-refractivity contribution in [2.24, 2.45) is 0 Å². The summed E-state index contributed by atoms with van der Waals surface area (Å²) in [5.41, 5.74) is 5.03. The molecule has 9 nitrogen and oxygen atoms in total. The molecule has 0 atom stereocenters. The van der Waals surface area contributed by atoms with Gasteiger partial charge in [0.05, 0.1) is 0 Å². The second-order valence-electron chi connectivity index (χ2n) is 5.97. The maximum atomic E-state index is 12.2. The number of ether oxygens (including phenoxy) is 1. The molecule has 0 bridgehead atoms. The Labute approximate surface area is 136 Å². The predicted molar refractivity (Wildman–Crippen MR) is 86.4 cm³/mol. The van der Waals surface area contributed by atoms with Gasteiger partial charge in [-0.25, -0.2) is 17.9 Å². The van der Waals surface area contributed by atoms with Crippen molar-refractivity contribution in [2.75, 3.05) is 18.8 Å². The Bertz CT molecular complexity index is 633. The van der Waals surface area contributed by atoms with Gasteiger partial charge in [-0.05, 0) is 27.2 Å². The summed E-state index contributed by atoms with van der Waals surface area (Å²) in [6, 6.07) is 0. The summed E-state index contributed by atoms with van der Waals surface area (Å²) in [5, 5.41) is 6.41. The Hall–Kier alpha value is -1.81. The SMILES string of the molecule is CCCn1cc(S(=O)(=O)NCCNC(=O)OC(C)(C)C)c(N)n1. The number of sulfonamides is 1. The second-order valence-corrected chi connectivity index (χ2v) is 7.70. The molecule has 23 heavy (non-hydrogen) atoms. The number of carbonyl (C=O) groups is 1. The van der Waals surface area contributed by atoms with Crippen molar-refractivity contribution in [3.63, 3.8) is 0 Å². The molecule has 0 saturated carbocycles. The number of hydrogen-bond donors (Lipinski definition) is 3. The van der Waals surface area contributed by atoms with E-state index < -0.39 is 21.7 Å². The number of carbonyl (C=O) groups excluding carboxylic acids is 1. The number of amides is 1. The summed E-state index contributed by atoms with van der Waals surface area (Å²) in [6.45, 7) is 7.87. The number of aryl methyl sites for hydroxylation is 1. The van der Waals surface area contributed by atoms with Gasteiger partial charge in [0.1, 0.15) is 10.5 Å². The van der Waals surface area contributed by atoms with E-state index in [1.54, 1.807) is 20.8 Å². The topological polar surface area (TPSA) is 128 Å². The number of nitrogens with two attached hydrogens (primary N) is 1. The summed E-state index contributed by atoms with van der Waals surface area (Å²) in [5.74, 6) is -0.0500. The van der Waals surface area contributed by atoms with E-state index in [0.29, 0.717) is 6.54 Å². The molecule has 10 heteroatoms. The van der Waals surface area contributed by atoms with Crippen LogP contribution in [0.1, 0.15) is 34.1 Å². The Balaban J connectivity index is 2.52. The highest BCUT2D eigenvalue weighted by molar-refractivity contribution is 7.89. The minimum Gasteiger partial charge on any atom is -0.444 e. The zero-order valence-corrected chi connectivity index (χ0v) is 14.7. The van der Waals surface area contributed by atoms with E-state index in [4.69, 9.17) is 10.5 Å². The van der Waals surface area contributed by atoms with Crippen LogP contribution in [-0.4, -0.2) is 43.0 Å². The highest BCUT2D eigenvalue weighted by atomic mass is 32.2. The molecular formula is C13H25N5O4S. The summed E-state index contributed by atoms with van der Waals surface area (Å²) >= 11 is 0. The van der Waals surface area contributed by atoms with Crippen LogP contribution in [0, 0.1) is 0 Å². The van der Waals surface area contributed by atoms with Crippen LogP contribution in [0.4, 0.5) is 10.6 Å². The van der Waals surface area contributed by atoms with E-state index >= 15 is 0 Å². The van der Waals surface area contributed by atoms with Gasteiger partial charge >= 0.3 is 6.09 Å². The second kappa shape index (κ2) is 7.64. The van der Waals surface area contributed by atoms with Gasteiger partial charge in [-0.3, -0.25) is 4.68 Å². The van der Waals surface area contributed by atoms with Gasteiger partial charge < -0.3 is 15.8 Å². The van der Waals surface area contributed by atoms with Crippen molar-refractivity contribution in [2.45, 2.75) is 51.2 Å². The molecule has 0 fully saturated rings. The minimum atomic E-state index is -3.77. The largest absolute Gasteiger partial charge is 0.444 e. The first-order chi connectivity index (χ1) is 10.5. The fraction of sp³-hybridized carbons (Fsp3) is 0.692. The summed E-state index contributed by atoms with van der Waals surface area (Å²) in [7, 11) is -3.77. The molecule has 1 rings (SSSR count). The fourth-order valence-corrected chi connectivity index (χ4v) is 2.81. The van der Waals surface area contributed by atoms with Gasteiger partial charge in [0.2, 0.25) is 10.0 Å². The normalized spacial score (nSPS) is 12.2. The van der Waals surface area contributed by atoms with Gasteiger partial charge in [-0.15, -0.1) is 0 Å². The van der Waals surface area contributed by atoms with E-state index in [2.05, 4.69) is 15.1 Å². The molecule has 0 aliphatic rings. The number of nitrogens with one attached hydrogen (secondary N) is 2. The van der Waals surface area contributed by atoms with Crippen molar-refractivity contribution in [3.8, 4) is 0 Å². The molecule has 1 heterocycles. The average molecular weight is 347 g/mol. The van der Waals surface area contributed by atoms with Gasteiger partial charge in [-0.1, -0.05) is 6.92 Å². The van der Waals surface area contributed by atoms with E-state index in [1.807, 2.05) is 6.92 Å². The minimum absolute atomic E-state index is 0.0139. The molecule has 4 N–H and O–H groups in total. The van der Waals surface area contributed by atoms with Crippen molar-refractivity contribution >= 4 is 21.9 Å². The zero-order valence-electron chi connectivity index (χ0n) is 13.9. The molecule has 0 aliphatic carbocycles. The third-order valence-electron chi connectivity index (χ3n) is 2.58. The lowest BCUT2D eigenvalue weighted by Crippen LogP contribution is -2.37. The van der Waals surface area contributed by atoms with Crippen molar-refractivity contribution < 1.29 is 17.9 Å². The zero-order chi connectivity index (χ0) is 17.7. The van der Waals surface area contributed by atoms with Crippen LogP contribution < -0.4 is 15.8 Å². The number of nitrogen functional groups attached to an aromatic ring is 1. The van der Waals surface area contributed by atoms with Crippen molar-refractivity contribution in [1.29, 1.82) is 0 Å². The predicted octanol–water partition coefficient (Wildman–Crippen LogP) is 0.678. The van der Waals surface area contributed by atoms with Gasteiger partial charge in [0, 0.05) is 25.8 Å². The summed E-state index contributed by atoms with van der Waals surface area (Å²) in [6.07, 6.45) is 1.60. The van der Waals surface area contributed by atoms with Crippen molar-refractivity contribution in [1.82, 2.24) is 19.8 Å². The molecule has 1 aromatic rings. The average Bonchev–Trinajstić information content (AvgIpc) is 2.75. The number of rotatable bonds is 7. The lowest BCUT2D eigenvalue weighted by Gasteiger charge is -2.19. The Kier molecular flexibility index (Phi) is 6.39. The monoisotopic (exact) mass is 347 g/mol. The molecule has 0 aromatic carbocycles. The number of alkyl carbamates (subject to hydrolysis) is 1. The number of hydrogen-bond acceptors (Lipinski definition) is 6. The standard InChI is InChI=1S/C13H25N5O4S/c1-5-8-18-9-10(11(14)17-18)23(20,21)16-7-6-15-12(19)22-13(2,3)4/h9,16H,5-8H2,1-4H3,(H2,14,17)(H,15,19). The van der Waals surface area contributed by atoms with Crippen molar-refractivity contribution in [3.05, 3.63) is 6.20 Å². The molecule has 1 aromatic heterocycles. The quantitative estimate of drug-likeness (QED) is 0.622. The smallest absolute Gasteiger partial charge is 0.407 e. The highest BCUT2D eigenvalue weighted by Gasteiger charge is 2.21. The van der Waals surface area contributed by atoms with E-state index in [-0.39, 0.29) is 23.8 Å². The van der Waals surface area contributed by atoms with Crippen LogP contribution in [0.3, 0.4) is 0 Å². The lowest BCUT2D eigenvalue weighted by atomic mass is 10.2. The molecule has 0 saturated heterocycles. The van der Waals surface area contributed by atoms with Crippen LogP contribution in [0.15, 0.2) is 11.1 Å². The van der Waals surface area contributed by atoms with E-state index in [9.17, 15) is 13.2 Å². The van der Waals surface area contributed by atoms with Crippen LogP contribution in [-0.2, 0) is 21.3 Å². The molecule has 1 amide bonds. The number of aromatic nitrogens is 2. The highest BCUT2D eigenvalue weighted by Crippen LogP contribution is 2.15. The molecule has 0 spiro atoms. The maximum absolute atomic E-state index is 12.2. The Morgan fingerprint density at radius 2 is 2.04 bits per heavy atom. The maximum Gasteiger partial charge on any atom is 0.407 e. The first-order valence-electron chi connectivity index (χ1n) is 7.34. The van der Waals surface area contributed by atoms with E-state index in [0.717, 1.165) is 6.42 Å². The van der Waals surface area contributed by atoms with Crippen LogP contribution in [0.25, 0.3) is 0 Å². The van der Waals surface area contributed by atoms with Crippen LogP contribution in [0.5, 0.6) is 0 Å². The van der Waals surface area contributed by atoms with E-state index in [1.165, 1.54) is 10.9 Å². The first kappa shape index (κ1) is 19.2. The molecule has 0 aliphatic heterocycles. The van der Waals surface area contributed by atoms with Gasteiger partial charge in [0.15, 0.2) is 5.82 Å². The first-order valence-corrected chi connectivity index (χ1v) is 8.83. The Morgan fingerprint density at radius 1 is 1.39 bits per heavy atom. The molecule has 0 unspecified atom stereocenters. The molecule has 0 radical (unpaired) electrons. The third-order valence-corrected chi connectivity index (χ3v) is 4.06. The summed E-state index contributed by atoms with van der Waals surface area (Å²) < 4.78 is 33.2. The van der Waals surface area contributed by atoms with Gasteiger partial charge in [0.25, 0.3) is 0 Å². The fourth-order valence-electron chi connectivity index (χ4n) is 1.71. The van der Waals surface area contributed by atoms with Crippen LogP contribution in [0.2, 0.25) is 0 Å². The summed E-state index contributed by atoms with van der Waals surface area (Å²) in [4.78, 5) is 11.4. The number of nitrogens with zero attached hydrogens (tertiary/aromatic N) is 2. The molecule has 132 valence electrons. The lowest BCUT2D eigenvalue weighted by molar-refractivity contribution is 0.0529.